The van der Waals surface area contributed by atoms with Crippen molar-refractivity contribution >= 4 is 46.2 Å². The number of nitrogens with zero attached hydrogens (tertiary/aromatic N) is 3. The lowest BCUT2D eigenvalue weighted by Crippen LogP contribution is -2.41. The standard InChI is InChI=1S/C21H17ClF4N6O2/c1-9-7-14-17(29-10(9)2)19(33)18(31-32(14)13-4-3-11(22)8-12(13)23)20(34)30-16(28)6-5-15(27)21(24,25)26/h3-8,27,31,33H,1-2H3,(H2,28,30,34)/b6-5-,27-15?. The Morgan fingerprint density at radius 2 is 1.94 bits per heavy atom. The zero-order valence-corrected chi connectivity index (χ0v) is 18.4. The van der Waals surface area contributed by atoms with E-state index in [0.29, 0.717) is 23.4 Å². The molecule has 34 heavy (non-hydrogen) atoms. The van der Waals surface area contributed by atoms with Crippen molar-refractivity contribution in [3.63, 3.8) is 0 Å². The van der Waals surface area contributed by atoms with E-state index in [1.54, 1.807) is 19.9 Å². The number of halogens is 5. The van der Waals surface area contributed by atoms with E-state index in [1.807, 2.05) is 0 Å². The summed E-state index contributed by atoms with van der Waals surface area (Å²) in [5, 5.41) is 18.9. The number of carbonyl (C=O) groups excluding carboxylic acids is 1. The highest BCUT2D eigenvalue weighted by molar-refractivity contribution is 6.30. The SMILES string of the molecule is Cc1cc2c(nc1C)C(O)=C(C(=O)N=C(N)/C=C\C(=N)C(F)(F)F)NN2c1ccc(Cl)cc1F. The number of aromatic nitrogens is 1. The number of alkyl halides is 3. The van der Waals surface area contributed by atoms with Gasteiger partial charge in [-0.05, 0) is 55.8 Å². The third kappa shape index (κ3) is 5.01. The number of aryl methyl sites for hydroxylation is 2. The molecule has 0 radical (unpaired) electrons. The molecule has 0 saturated heterocycles. The van der Waals surface area contributed by atoms with Crippen LogP contribution in [0, 0.1) is 25.1 Å². The van der Waals surface area contributed by atoms with Gasteiger partial charge in [0.1, 0.15) is 23.1 Å². The van der Waals surface area contributed by atoms with Crippen LogP contribution >= 0.6 is 11.6 Å². The molecule has 1 aliphatic rings. The van der Waals surface area contributed by atoms with Crippen LogP contribution in [-0.4, -0.2) is 33.7 Å². The summed E-state index contributed by atoms with van der Waals surface area (Å²) < 4.78 is 52.0. The molecule has 13 heteroatoms. The van der Waals surface area contributed by atoms with Crippen molar-refractivity contribution in [1.29, 1.82) is 5.41 Å². The smallest absolute Gasteiger partial charge is 0.432 e. The summed E-state index contributed by atoms with van der Waals surface area (Å²) in [4.78, 5) is 20.4. The minimum absolute atomic E-state index is 0.0658. The summed E-state index contributed by atoms with van der Waals surface area (Å²) in [5.74, 6) is -3.22. The minimum Gasteiger partial charge on any atom is -0.504 e. The second-order valence-corrected chi connectivity index (χ2v) is 7.55. The van der Waals surface area contributed by atoms with Gasteiger partial charge in [0.2, 0.25) is 0 Å². The second kappa shape index (κ2) is 9.14. The molecule has 1 aromatic carbocycles. The lowest BCUT2D eigenvalue weighted by molar-refractivity contribution is -0.114. The normalized spacial score (nSPS) is 14.3. The minimum atomic E-state index is -4.90. The molecule has 3 rings (SSSR count). The van der Waals surface area contributed by atoms with Gasteiger partial charge >= 0.3 is 12.1 Å². The Balaban J connectivity index is 2.06. The van der Waals surface area contributed by atoms with Crippen molar-refractivity contribution in [2.24, 2.45) is 10.7 Å². The zero-order valence-electron chi connectivity index (χ0n) is 17.6. The molecule has 0 fully saturated rings. The highest BCUT2D eigenvalue weighted by atomic mass is 35.5. The van der Waals surface area contributed by atoms with E-state index in [1.165, 1.54) is 12.1 Å². The van der Waals surface area contributed by atoms with Crippen LogP contribution < -0.4 is 16.2 Å². The molecule has 0 bridgehead atoms. The number of nitrogens with two attached hydrogens (primary N) is 1. The van der Waals surface area contributed by atoms with Gasteiger partial charge in [0.25, 0.3) is 0 Å². The van der Waals surface area contributed by atoms with Crippen molar-refractivity contribution in [1.82, 2.24) is 10.4 Å². The van der Waals surface area contributed by atoms with Gasteiger partial charge in [0.15, 0.2) is 11.5 Å². The molecule has 1 aromatic heterocycles. The van der Waals surface area contributed by atoms with Crippen molar-refractivity contribution in [2.75, 3.05) is 5.01 Å². The van der Waals surface area contributed by atoms with Crippen molar-refractivity contribution in [3.8, 4) is 0 Å². The summed E-state index contributed by atoms with van der Waals surface area (Å²) in [7, 11) is 0. The number of hydrogen-bond donors (Lipinski definition) is 4. The number of carbonyl (C=O) groups is 1. The predicted octanol–water partition coefficient (Wildman–Crippen LogP) is 4.40. The maximum Gasteiger partial charge on any atom is 0.432 e. The number of benzene rings is 1. The number of amides is 1. The number of nitrogens with one attached hydrogen (secondary N) is 2. The Kier molecular flexibility index (Phi) is 6.64. The lowest BCUT2D eigenvalue weighted by atomic mass is 10.1. The molecule has 8 nitrogen and oxygen atoms in total. The number of hydrogen-bond acceptors (Lipinski definition) is 6. The summed E-state index contributed by atoms with van der Waals surface area (Å²) in [6.07, 6.45) is -3.96. The van der Waals surface area contributed by atoms with Crippen LogP contribution in [0.3, 0.4) is 0 Å². The molecular weight excluding hydrogens is 480 g/mol. The first-order valence-corrected chi connectivity index (χ1v) is 9.83. The molecule has 0 unspecified atom stereocenters. The topological polar surface area (TPSA) is 128 Å². The van der Waals surface area contributed by atoms with E-state index in [9.17, 15) is 27.5 Å². The number of allylic oxidation sites excluding steroid dienone is 1. The second-order valence-electron chi connectivity index (χ2n) is 7.11. The van der Waals surface area contributed by atoms with Gasteiger partial charge in [0, 0.05) is 10.7 Å². The van der Waals surface area contributed by atoms with E-state index in [2.05, 4.69) is 15.4 Å². The lowest BCUT2D eigenvalue weighted by Gasteiger charge is -2.33. The van der Waals surface area contributed by atoms with Crippen LogP contribution in [-0.2, 0) is 4.79 Å². The third-order valence-electron chi connectivity index (χ3n) is 4.69. The van der Waals surface area contributed by atoms with Crippen molar-refractivity contribution in [2.45, 2.75) is 20.0 Å². The fourth-order valence-electron chi connectivity index (χ4n) is 2.85. The summed E-state index contributed by atoms with van der Waals surface area (Å²) >= 11 is 5.82. The number of aliphatic imine (C=N–C) groups is 1. The molecule has 0 aliphatic carbocycles. The molecule has 0 atom stereocenters. The fourth-order valence-corrected chi connectivity index (χ4v) is 3.01. The average molecular weight is 497 g/mol. The van der Waals surface area contributed by atoms with E-state index >= 15 is 0 Å². The number of aliphatic hydroxyl groups is 1. The van der Waals surface area contributed by atoms with Gasteiger partial charge < -0.3 is 10.8 Å². The Morgan fingerprint density at radius 1 is 1.26 bits per heavy atom. The molecule has 0 saturated carbocycles. The Bertz CT molecular complexity index is 1290. The number of amidine groups is 1. The summed E-state index contributed by atoms with van der Waals surface area (Å²) in [6.45, 7) is 3.41. The molecule has 5 N–H and O–H groups in total. The maximum atomic E-state index is 14.7. The van der Waals surface area contributed by atoms with Crippen molar-refractivity contribution < 1.29 is 27.5 Å². The van der Waals surface area contributed by atoms with E-state index in [-0.39, 0.29) is 22.1 Å². The number of anilines is 2. The van der Waals surface area contributed by atoms with Crippen LogP contribution in [0.25, 0.3) is 5.76 Å². The molecule has 1 aliphatic heterocycles. The summed E-state index contributed by atoms with van der Waals surface area (Å²) in [6, 6.07) is 5.39. The van der Waals surface area contributed by atoms with Crippen LogP contribution in [0.5, 0.6) is 0 Å². The Labute approximate surface area is 195 Å². The van der Waals surface area contributed by atoms with E-state index in [4.69, 9.17) is 22.7 Å². The number of aliphatic hydroxyl groups excluding tert-OH is 1. The monoisotopic (exact) mass is 496 g/mol. The first-order valence-electron chi connectivity index (χ1n) is 9.45. The van der Waals surface area contributed by atoms with Gasteiger partial charge in [-0.1, -0.05) is 11.6 Å². The van der Waals surface area contributed by atoms with Gasteiger partial charge in [-0.15, -0.1) is 0 Å². The van der Waals surface area contributed by atoms with Crippen LogP contribution in [0.2, 0.25) is 5.02 Å². The van der Waals surface area contributed by atoms with Crippen LogP contribution in [0.4, 0.5) is 28.9 Å². The quantitative estimate of drug-likeness (QED) is 0.282. The number of rotatable bonds is 4. The first-order chi connectivity index (χ1) is 15.8. The molecule has 178 valence electrons. The van der Waals surface area contributed by atoms with Crippen molar-refractivity contribution in [3.05, 3.63) is 69.9 Å². The van der Waals surface area contributed by atoms with Crippen LogP contribution in [0.15, 0.2) is 47.1 Å². The van der Waals surface area contributed by atoms with Gasteiger partial charge in [-0.2, -0.15) is 18.2 Å². The highest BCUT2D eigenvalue weighted by Crippen LogP contribution is 2.37. The van der Waals surface area contributed by atoms with E-state index < -0.39 is 40.9 Å². The average Bonchev–Trinajstić information content (AvgIpc) is 2.73. The largest absolute Gasteiger partial charge is 0.504 e. The molecular formula is C21H17ClF4N6O2. The first kappa shape index (κ1) is 24.7. The molecule has 0 spiro atoms. The number of hydrazine groups is 1. The number of pyridine rings is 1. The number of fused-ring (bicyclic) bond motifs is 1. The van der Waals surface area contributed by atoms with Crippen LogP contribution in [0.1, 0.15) is 17.0 Å². The predicted molar refractivity (Wildman–Crippen MR) is 119 cm³/mol. The van der Waals surface area contributed by atoms with Gasteiger partial charge in [-0.3, -0.25) is 20.6 Å². The fraction of sp³-hybridized carbons (Fsp3) is 0.143. The summed E-state index contributed by atoms with van der Waals surface area (Å²) in [5.41, 5.74) is 7.10. The molecule has 1 amide bonds. The molecule has 2 heterocycles. The maximum absolute atomic E-state index is 14.7. The van der Waals surface area contributed by atoms with E-state index in [0.717, 1.165) is 11.1 Å². The Morgan fingerprint density at radius 3 is 2.56 bits per heavy atom. The van der Waals surface area contributed by atoms with Gasteiger partial charge in [-0.25, -0.2) is 9.37 Å². The molecule has 2 aromatic rings. The highest BCUT2D eigenvalue weighted by Gasteiger charge is 2.33. The third-order valence-corrected chi connectivity index (χ3v) is 4.93. The Hall–Kier alpha value is -3.93. The van der Waals surface area contributed by atoms with Gasteiger partial charge in [0.05, 0.1) is 11.4 Å². The zero-order chi connectivity index (χ0) is 25.4.